The van der Waals surface area contributed by atoms with E-state index in [9.17, 15) is 8.78 Å². The second-order valence-electron chi connectivity index (χ2n) is 3.54. The van der Waals surface area contributed by atoms with E-state index in [0.29, 0.717) is 5.56 Å². The van der Waals surface area contributed by atoms with Gasteiger partial charge in [0.15, 0.2) is 11.6 Å². The van der Waals surface area contributed by atoms with Gasteiger partial charge in [-0.05, 0) is 18.2 Å². The fraction of sp³-hybridized carbons (Fsp3) is 0.0769. The first-order valence-corrected chi connectivity index (χ1v) is 5.08. The van der Waals surface area contributed by atoms with Gasteiger partial charge in [-0.25, -0.2) is 8.78 Å². The Morgan fingerprint density at radius 1 is 0.941 bits per heavy atom. The third-order valence-electron chi connectivity index (χ3n) is 2.33. The van der Waals surface area contributed by atoms with Gasteiger partial charge in [0, 0.05) is 5.56 Å². The maximum absolute atomic E-state index is 13.4. The number of nitrogens with two attached hydrogens (primary N) is 1. The molecule has 0 amide bonds. The molecule has 17 heavy (non-hydrogen) atoms. The van der Waals surface area contributed by atoms with E-state index in [-0.39, 0.29) is 23.9 Å². The summed E-state index contributed by atoms with van der Waals surface area (Å²) in [5.74, 6) is -0.987. The van der Waals surface area contributed by atoms with E-state index < -0.39 is 5.82 Å². The molecule has 2 nitrogen and oxygen atoms in total. The topological polar surface area (TPSA) is 35.2 Å². The van der Waals surface area contributed by atoms with Gasteiger partial charge in [-0.15, -0.1) is 0 Å². The predicted molar refractivity (Wildman–Crippen MR) is 61.5 cm³/mol. The minimum absolute atomic E-state index is 0.0456. The molecule has 0 spiro atoms. The van der Waals surface area contributed by atoms with Gasteiger partial charge in [0.25, 0.3) is 0 Å². The van der Waals surface area contributed by atoms with Crippen LogP contribution in [0.5, 0.6) is 5.75 Å². The Morgan fingerprint density at radius 3 is 2.35 bits per heavy atom. The number of ether oxygens (including phenoxy) is 1. The fourth-order valence-corrected chi connectivity index (χ4v) is 1.44. The molecule has 2 aromatic carbocycles. The van der Waals surface area contributed by atoms with Gasteiger partial charge in [-0.2, -0.15) is 0 Å². The van der Waals surface area contributed by atoms with Gasteiger partial charge in [0.1, 0.15) is 12.4 Å². The van der Waals surface area contributed by atoms with E-state index in [1.54, 1.807) is 18.2 Å². The van der Waals surface area contributed by atoms with Crippen LogP contribution >= 0.6 is 0 Å². The van der Waals surface area contributed by atoms with Gasteiger partial charge in [0.2, 0.25) is 0 Å². The van der Waals surface area contributed by atoms with Crippen molar-refractivity contribution in [1.29, 1.82) is 0 Å². The highest BCUT2D eigenvalue weighted by Crippen LogP contribution is 2.25. The summed E-state index contributed by atoms with van der Waals surface area (Å²) in [5.41, 5.74) is 6.12. The number of hydrogen-bond acceptors (Lipinski definition) is 2. The summed E-state index contributed by atoms with van der Waals surface area (Å²) >= 11 is 0. The lowest BCUT2D eigenvalue weighted by molar-refractivity contribution is 0.286. The molecule has 88 valence electrons. The van der Waals surface area contributed by atoms with Gasteiger partial charge in [-0.3, -0.25) is 0 Å². The van der Waals surface area contributed by atoms with Crippen LogP contribution in [0, 0.1) is 11.6 Å². The third kappa shape index (κ3) is 2.53. The summed E-state index contributed by atoms with van der Waals surface area (Å²) in [7, 11) is 0. The van der Waals surface area contributed by atoms with Crippen molar-refractivity contribution in [2.45, 2.75) is 6.61 Å². The fourth-order valence-electron chi connectivity index (χ4n) is 1.44. The Morgan fingerprint density at radius 2 is 1.65 bits per heavy atom. The second kappa shape index (κ2) is 4.82. The quantitative estimate of drug-likeness (QED) is 0.829. The number of hydrogen-bond donors (Lipinski definition) is 1. The van der Waals surface area contributed by atoms with Crippen LogP contribution in [0.15, 0.2) is 42.5 Å². The Hall–Kier alpha value is -2.10. The van der Waals surface area contributed by atoms with Gasteiger partial charge >= 0.3 is 0 Å². The summed E-state index contributed by atoms with van der Waals surface area (Å²) in [6.45, 7) is -0.0577. The van der Waals surface area contributed by atoms with Crippen LogP contribution in [0.4, 0.5) is 14.5 Å². The van der Waals surface area contributed by atoms with Crippen molar-refractivity contribution in [3.8, 4) is 5.75 Å². The standard InChI is InChI=1S/C13H11F2NO/c14-10-5-2-1-4-9(10)8-17-13-11(15)6-3-7-12(13)16/h1-7H,8,16H2. The number of rotatable bonds is 3. The molecule has 0 heterocycles. The van der Waals surface area contributed by atoms with Crippen molar-refractivity contribution in [3.05, 3.63) is 59.7 Å². The van der Waals surface area contributed by atoms with Gasteiger partial charge < -0.3 is 10.5 Å². The van der Waals surface area contributed by atoms with Crippen LogP contribution in [-0.2, 0) is 6.61 Å². The van der Waals surface area contributed by atoms with E-state index in [1.807, 2.05) is 0 Å². The average molecular weight is 235 g/mol. The van der Waals surface area contributed by atoms with Crippen LogP contribution in [0.2, 0.25) is 0 Å². The van der Waals surface area contributed by atoms with Crippen LogP contribution in [0.1, 0.15) is 5.56 Å². The first-order chi connectivity index (χ1) is 8.18. The highest BCUT2D eigenvalue weighted by atomic mass is 19.1. The van der Waals surface area contributed by atoms with Crippen LogP contribution in [0.3, 0.4) is 0 Å². The zero-order chi connectivity index (χ0) is 12.3. The molecule has 0 fully saturated rings. The first kappa shape index (κ1) is 11.4. The van der Waals surface area contributed by atoms with Crippen LogP contribution < -0.4 is 10.5 Å². The molecule has 0 aliphatic carbocycles. The van der Waals surface area contributed by atoms with E-state index >= 15 is 0 Å². The number of para-hydroxylation sites is 1. The Labute approximate surface area is 97.6 Å². The SMILES string of the molecule is Nc1cccc(F)c1OCc1ccccc1F. The second-order valence-corrected chi connectivity index (χ2v) is 3.54. The molecule has 2 rings (SSSR count). The highest BCUT2D eigenvalue weighted by molar-refractivity contribution is 5.52. The largest absolute Gasteiger partial charge is 0.484 e. The molecule has 2 aromatic rings. The van der Waals surface area contributed by atoms with Crippen molar-refractivity contribution in [2.75, 3.05) is 5.73 Å². The molecule has 0 bridgehead atoms. The van der Waals surface area contributed by atoms with E-state index in [4.69, 9.17) is 10.5 Å². The van der Waals surface area contributed by atoms with Crippen LogP contribution in [0.25, 0.3) is 0 Å². The Bertz CT molecular complexity index is 508. The third-order valence-corrected chi connectivity index (χ3v) is 2.33. The van der Waals surface area contributed by atoms with Crippen LogP contribution in [-0.4, -0.2) is 0 Å². The molecule has 2 N–H and O–H groups in total. The Kier molecular flexibility index (Phi) is 3.23. The van der Waals surface area contributed by atoms with E-state index in [0.717, 1.165) is 0 Å². The number of anilines is 1. The molecule has 0 unspecified atom stereocenters. The molecular weight excluding hydrogens is 224 g/mol. The lowest BCUT2D eigenvalue weighted by atomic mass is 10.2. The van der Waals surface area contributed by atoms with Crippen molar-refractivity contribution < 1.29 is 13.5 Å². The molecule has 0 aliphatic heterocycles. The number of benzene rings is 2. The van der Waals surface area contributed by atoms with Crippen molar-refractivity contribution in [2.24, 2.45) is 0 Å². The molecule has 0 radical (unpaired) electrons. The predicted octanol–water partition coefficient (Wildman–Crippen LogP) is 3.13. The maximum Gasteiger partial charge on any atom is 0.178 e. The van der Waals surface area contributed by atoms with Gasteiger partial charge in [0.05, 0.1) is 5.69 Å². The van der Waals surface area contributed by atoms with E-state index in [1.165, 1.54) is 24.3 Å². The van der Waals surface area contributed by atoms with E-state index in [2.05, 4.69) is 0 Å². The normalized spacial score (nSPS) is 10.2. The summed E-state index contributed by atoms with van der Waals surface area (Å²) in [6, 6.07) is 10.4. The molecule has 0 aliphatic rings. The van der Waals surface area contributed by atoms with Crippen molar-refractivity contribution in [3.63, 3.8) is 0 Å². The molecule has 4 heteroatoms. The molecule has 0 atom stereocenters. The number of nitrogen functional groups attached to an aromatic ring is 1. The zero-order valence-corrected chi connectivity index (χ0v) is 8.99. The monoisotopic (exact) mass is 235 g/mol. The highest BCUT2D eigenvalue weighted by Gasteiger charge is 2.08. The smallest absolute Gasteiger partial charge is 0.178 e. The maximum atomic E-state index is 13.4. The summed E-state index contributed by atoms with van der Waals surface area (Å²) in [6.07, 6.45) is 0. The van der Waals surface area contributed by atoms with Gasteiger partial charge in [-0.1, -0.05) is 24.3 Å². The lowest BCUT2D eigenvalue weighted by Gasteiger charge is -2.10. The molecule has 0 saturated carbocycles. The summed E-state index contributed by atoms with van der Waals surface area (Å²) < 4.78 is 31.8. The minimum Gasteiger partial charge on any atom is -0.484 e. The summed E-state index contributed by atoms with van der Waals surface area (Å²) in [5, 5.41) is 0. The zero-order valence-electron chi connectivity index (χ0n) is 8.99. The lowest BCUT2D eigenvalue weighted by Crippen LogP contribution is -2.02. The Balaban J connectivity index is 2.16. The minimum atomic E-state index is -0.554. The molecule has 0 saturated heterocycles. The summed E-state index contributed by atoms with van der Waals surface area (Å²) in [4.78, 5) is 0. The van der Waals surface area contributed by atoms with Crippen molar-refractivity contribution in [1.82, 2.24) is 0 Å². The average Bonchev–Trinajstić information content (AvgIpc) is 2.30. The molecular formula is C13H11F2NO. The van der Waals surface area contributed by atoms with Crippen molar-refractivity contribution >= 4 is 5.69 Å². The molecule has 0 aromatic heterocycles. The number of halogens is 2. The first-order valence-electron chi connectivity index (χ1n) is 5.08.